The summed E-state index contributed by atoms with van der Waals surface area (Å²) in [6, 6.07) is 0. The number of hydrogen-bond acceptors (Lipinski definition) is 5. The average molecular weight is 277 g/mol. The Hall–Kier alpha value is -1.15. The standard InChI is InChI=1S/C11H14F3N3O2/c12-11(13,14)8-5-17(3-4-18-8)6-9-15-16-10(19-9)7-1-2-7/h7-8H,1-6H2. The summed E-state index contributed by atoms with van der Waals surface area (Å²) in [6.07, 6.45) is -3.95. The normalized spacial score (nSPS) is 25.7. The number of rotatable bonds is 3. The van der Waals surface area contributed by atoms with Crippen molar-refractivity contribution < 1.29 is 22.3 Å². The SMILES string of the molecule is FC(F)(F)C1CN(Cc2nnc(C3CC3)o2)CCO1. The lowest BCUT2D eigenvalue weighted by atomic mass is 10.2. The molecule has 2 fully saturated rings. The van der Waals surface area contributed by atoms with E-state index >= 15 is 0 Å². The fourth-order valence-corrected chi connectivity index (χ4v) is 2.06. The van der Waals surface area contributed by atoms with E-state index in [4.69, 9.17) is 9.15 Å². The number of aromatic nitrogens is 2. The third-order valence-electron chi connectivity index (χ3n) is 3.28. The molecule has 0 amide bonds. The van der Waals surface area contributed by atoms with Crippen molar-refractivity contribution in [3.8, 4) is 0 Å². The lowest BCUT2D eigenvalue weighted by molar-refractivity contribution is -0.238. The molecule has 0 spiro atoms. The number of ether oxygens (including phenoxy) is 1. The highest BCUT2D eigenvalue weighted by atomic mass is 19.4. The van der Waals surface area contributed by atoms with Crippen LogP contribution in [0.5, 0.6) is 0 Å². The summed E-state index contributed by atoms with van der Waals surface area (Å²) < 4.78 is 47.9. The molecule has 1 aliphatic heterocycles. The fourth-order valence-electron chi connectivity index (χ4n) is 2.06. The second-order valence-electron chi connectivity index (χ2n) is 4.94. The van der Waals surface area contributed by atoms with Crippen molar-refractivity contribution in [3.05, 3.63) is 11.8 Å². The number of hydrogen-bond donors (Lipinski definition) is 0. The van der Waals surface area contributed by atoms with Gasteiger partial charge in [0.1, 0.15) is 0 Å². The molecular formula is C11H14F3N3O2. The zero-order valence-corrected chi connectivity index (χ0v) is 10.2. The Labute approximate surface area is 107 Å². The molecule has 8 heteroatoms. The van der Waals surface area contributed by atoms with Gasteiger partial charge in [0.15, 0.2) is 6.10 Å². The third-order valence-corrected chi connectivity index (χ3v) is 3.28. The molecule has 1 unspecified atom stereocenters. The molecule has 0 bridgehead atoms. The van der Waals surface area contributed by atoms with E-state index in [-0.39, 0.29) is 19.7 Å². The van der Waals surface area contributed by atoms with Crippen LogP contribution in [0.2, 0.25) is 0 Å². The lowest BCUT2D eigenvalue weighted by Crippen LogP contribution is -2.48. The summed E-state index contributed by atoms with van der Waals surface area (Å²) >= 11 is 0. The van der Waals surface area contributed by atoms with Gasteiger partial charge < -0.3 is 9.15 Å². The summed E-state index contributed by atoms with van der Waals surface area (Å²) in [7, 11) is 0. The second-order valence-corrected chi connectivity index (χ2v) is 4.94. The Bertz CT molecular complexity index is 445. The summed E-state index contributed by atoms with van der Waals surface area (Å²) in [5.41, 5.74) is 0. The van der Waals surface area contributed by atoms with Gasteiger partial charge in [-0.25, -0.2) is 0 Å². The van der Waals surface area contributed by atoms with E-state index in [9.17, 15) is 13.2 Å². The molecule has 1 aliphatic carbocycles. The van der Waals surface area contributed by atoms with E-state index in [1.54, 1.807) is 4.90 Å². The van der Waals surface area contributed by atoms with Gasteiger partial charge in [-0.3, -0.25) is 4.90 Å². The van der Waals surface area contributed by atoms with Crippen LogP contribution in [-0.4, -0.2) is 47.1 Å². The highest BCUT2D eigenvalue weighted by molar-refractivity contribution is 5.00. The van der Waals surface area contributed by atoms with E-state index < -0.39 is 12.3 Å². The first-order chi connectivity index (χ1) is 9.02. The minimum Gasteiger partial charge on any atom is -0.424 e. The maximum Gasteiger partial charge on any atom is 0.415 e. The Morgan fingerprint density at radius 3 is 2.74 bits per heavy atom. The van der Waals surface area contributed by atoms with Crippen LogP contribution < -0.4 is 0 Å². The van der Waals surface area contributed by atoms with Crippen LogP contribution in [0.3, 0.4) is 0 Å². The average Bonchev–Trinajstić information content (AvgIpc) is 3.10. The van der Waals surface area contributed by atoms with E-state index in [0.717, 1.165) is 12.8 Å². The molecule has 2 aliphatic rings. The molecule has 106 valence electrons. The molecule has 3 rings (SSSR count). The number of nitrogens with zero attached hydrogens (tertiary/aromatic N) is 3. The highest BCUT2D eigenvalue weighted by Crippen LogP contribution is 2.39. The van der Waals surface area contributed by atoms with Crippen LogP contribution in [-0.2, 0) is 11.3 Å². The van der Waals surface area contributed by atoms with Gasteiger partial charge >= 0.3 is 6.18 Å². The smallest absolute Gasteiger partial charge is 0.415 e. The van der Waals surface area contributed by atoms with Gasteiger partial charge in [-0.15, -0.1) is 10.2 Å². The largest absolute Gasteiger partial charge is 0.424 e. The lowest BCUT2D eigenvalue weighted by Gasteiger charge is -2.32. The van der Waals surface area contributed by atoms with Gasteiger partial charge in [0.05, 0.1) is 13.2 Å². The third kappa shape index (κ3) is 3.06. The topological polar surface area (TPSA) is 51.4 Å². The number of alkyl halides is 3. The van der Waals surface area contributed by atoms with Crippen molar-refractivity contribution in [2.24, 2.45) is 0 Å². The van der Waals surface area contributed by atoms with Crippen LogP contribution in [0.25, 0.3) is 0 Å². The maximum atomic E-state index is 12.6. The van der Waals surface area contributed by atoms with Crippen LogP contribution in [0, 0.1) is 0 Å². The first-order valence-electron chi connectivity index (χ1n) is 6.25. The van der Waals surface area contributed by atoms with Gasteiger partial charge in [0.25, 0.3) is 0 Å². The molecule has 19 heavy (non-hydrogen) atoms. The van der Waals surface area contributed by atoms with Crippen LogP contribution >= 0.6 is 0 Å². The molecule has 0 aromatic carbocycles. The quantitative estimate of drug-likeness (QED) is 0.842. The number of halogens is 3. The predicted octanol–water partition coefficient (Wildman–Crippen LogP) is 1.71. The molecule has 5 nitrogen and oxygen atoms in total. The zero-order valence-electron chi connectivity index (χ0n) is 10.2. The summed E-state index contributed by atoms with van der Waals surface area (Å²) in [5, 5.41) is 7.79. The van der Waals surface area contributed by atoms with Crippen molar-refractivity contribution in [3.63, 3.8) is 0 Å². The molecular weight excluding hydrogens is 263 g/mol. The first-order valence-corrected chi connectivity index (χ1v) is 6.25. The van der Waals surface area contributed by atoms with E-state index in [0.29, 0.717) is 24.2 Å². The Morgan fingerprint density at radius 1 is 1.26 bits per heavy atom. The summed E-state index contributed by atoms with van der Waals surface area (Å²) in [4.78, 5) is 1.63. The maximum absolute atomic E-state index is 12.6. The molecule has 1 saturated carbocycles. The van der Waals surface area contributed by atoms with Crippen molar-refractivity contribution in [1.29, 1.82) is 0 Å². The molecule has 1 aromatic rings. The summed E-state index contributed by atoms with van der Waals surface area (Å²) in [6.45, 7) is 0.557. The van der Waals surface area contributed by atoms with Crippen LogP contribution in [0.4, 0.5) is 13.2 Å². The Balaban J connectivity index is 1.59. The van der Waals surface area contributed by atoms with E-state index in [1.807, 2.05) is 0 Å². The Kier molecular flexibility index (Phi) is 3.22. The van der Waals surface area contributed by atoms with Crippen molar-refractivity contribution in [1.82, 2.24) is 15.1 Å². The van der Waals surface area contributed by atoms with Gasteiger partial charge in [-0.1, -0.05) is 0 Å². The zero-order chi connectivity index (χ0) is 13.5. The fraction of sp³-hybridized carbons (Fsp3) is 0.818. The van der Waals surface area contributed by atoms with Crippen molar-refractivity contribution in [2.75, 3.05) is 19.7 Å². The monoisotopic (exact) mass is 277 g/mol. The van der Waals surface area contributed by atoms with E-state index in [1.165, 1.54) is 0 Å². The molecule has 1 aromatic heterocycles. The number of morpholine rings is 1. The second kappa shape index (κ2) is 4.75. The summed E-state index contributed by atoms with van der Waals surface area (Å²) in [5.74, 6) is 1.34. The van der Waals surface area contributed by atoms with Gasteiger partial charge in [-0.2, -0.15) is 13.2 Å². The van der Waals surface area contributed by atoms with Crippen LogP contribution in [0.15, 0.2) is 4.42 Å². The minimum absolute atomic E-state index is 0.0633. The predicted molar refractivity (Wildman–Crippen MR) is 57.3 cm³/mol. The molecule has 0 N–H and O–H groups in total. The van der Waals surface area contributed by atoms with Gasteiger partial charge in [0, 0.05) is 19.0 Å². The van der Waals surface area contributed by atoms with Crippen molar-refractivity contribution in [2.45, 2.75) is 37.6 Å². The highest BCUT2D eigenvalue weighted by Gasteiger charge is 2.43. The molecule has 1 atom stereocenters. The molecule has 2 heterocycles. The first kappa shape index (κ1) is 12.9. The van der Waals surface area contributed by atoms with Crippen LogP contribution in [0.1, 0.15) is 30.5 Å². The molecule has 0 radical (unpaired) electrons. The van der Waals surface area contributed by atoms with Gasteiger partial charge in [0.2, 0.25) is 11.8 Å². The van der Waals surface area contributed by atoms with E-state index in [2.05, 4.69) is 10.2 Å². The molecule has 1 saturated heterocycles. The van der Waals surface area contributed by atoms with Gasteiger partial charge in [-0.05, 0) is 12.8 Å². The van der Waals surface area contributed by atoms with Crippen molar-refractivity contribution >= 4 is 0 Å². The minimum atomic E-state index is -4.33. The Morgan fingerprint density at radius 2 is 2.05 bits per heavy atom.